The maximum atomic E-state index is 14.1. The monoisotopic (exact) mass is 838 g/mol. The van der Waals surface area contributed by atoms with Crippen LogP contribution < -0.4 is 20.9 Å². The molecule has 0 atom stereocenters. The molecule has 2 aromatic carbocycles. The number of halogens is 3. The summed E-state index contributed by atoms with van der Waals surface area (Å²) in [6.45, 7) is 12.2. The Kier molecular flexibility index (Phi) is 17.1. The number of thiophene rings is 2. The van der Waals surface area contributed by atoms with Gasteiger partial charge in [-0.3, -0.25) is 20.4 Å². The Balaban J connectivity index is 0.000000546. The third kappa shape index (κ3) is 13.8. The minimum Gasteiger partial charge on any atom is -0.481 e. The Hall–Kier alpha value is -5.23. The fraction of sp³-hybridized carbons (Fsp3) is 0.316. The van der Waals surface area contributed by atoms with Crippen LogP contribution in [0.5, 0.6) is 11.5 Å². The van der Waals surface area contributed by atoms with Crippen LogP contribution in [0.15, 0.2) is 60.7 Å². The van der Waals surface area contributed by atoms with Gasteiger partial charge in [0.2, 0.25) is 0 Å². The number of carbonyl (C=O) groups is 4. The highest BCUT2D eigenvalue weighted by Crippen LogP contribution is 2.31. The topological polar surface area (TPSA) is 247 Å². The number of esters is 3. The maximum Gasteiger partial charge on any atom is 0.353 e. The van der Waals surface area contributed by atoms with E-state index in [1.54, 1.807) is 45.9 Å². The number of rotatable bonds is 12. The van der Waals surface area contributed by atoms with Gasteiger partial charge in [0.25, 0.3) is 0 Å². The van der Waals surface area contributed by atoms with Gasteiger partial charge in [-0.2, -0.15) is 0 Å². The number of hydrogen-bond donors (Lipinski definition) is 5. The summed E-state index contributed by atoms with van der Waals surface area (Å²) in [5, 5.41) is 23.7. The van der Waals surface area contributed by atoms with Gasteiger partial charge in [-0.05, 0) is 122 Å². The third-order valence-electron chi connectivity index (χ3n) is 7.38. The van der Waals surface area contributed by atoms with E-state index in [9.17, 15) is 28.0 Å². The molecule has 56 heavy (non-hydrogen) atoms. The Morgan fingerprint density at radius 1 is 0.679 bits per heavy atom. The second-order valence-electron chi connectivity index (χ2n) is 14.4. The van der Waals surface area contributed by atoms with E-state index < -0.39 is 46.0 Å². The lowest BCUT2D eigenvalue weighted by Crippen LogP contribution is -2.35. The predicted molar refractivity (Wildman–Crippen MR) is 213 cm³/mol. The number of amidine groups is 2. The van der Waals surface area contributed by atoms with E-state index in [-0.39, 0.29) is 74.3 Å². The van der Waals surface area contributed by atoms with Crippen molar-refractivity contribution in [1.82, 2.24) is 0 Å². The summed E-state index contributed by atoms with van der Waals surface area (Å²) in [5.41, 5.74) is 8.65. The summed E-state index contributed by atoms with van der Waals surface area (Å²) in [7, 11) is 0. The van der Waals surface area contributed by atoms with Crippen molar-refractivity contribution < 1.29 is 52.8 Å². The fourth-order valence-electron chi connectivity index (χ4n) is 4.40. The average molecular weight is 839 g/mol. The smallest absolute Gasteiger partial charge is 0.353 e. The molecule has 0 radical (unpaired) electrons. The van der Waals surface area contributed by atoms with Crippen LogP contribution in [0.2, 0.25) is 0 Å². The number of nitrogens with one attached hydrogen (secondary N) is 2. The number of ether oxygens (including phenoxy) is 3. The van der Waals surface area contributed by atoms with Crippen molar-refractivity contribution in [2.45, 2.75) is 66.9 Å². The maximum absolute atomic E-state index is 14.1. The Morgan fingerprint density at radius 3 is 1.38 bits per heavy atom. The molecule has 2 aromatic heterocycles. The van der Waals surface area contributed by atoms with E-state index in [0.717, 1.165) is 28.3 Å². The number of aliphatic carboxylic acids is 1. The lowest BCUT2D eigenvalue weighted by molar-refractivity contribution is -0.165. The molecule has 4 aromatic rings. The average Bonchev–Trinajstić information content (AvgIpc) is 3.71. The van der Waals surface area contributed by atoms with E-state index in [4.69, 9.17) is 41.6 Å². The molecule has 0 aliphatic carbocycles. The first-order valence-electron chi connectivity index (χ1n) is 16.2. The van der Waals surface area contributed by atoms with Crippen LogP contribution in [-0.4, -0.2) is 51.7 Å². The van der Waals surface area contributed by atoms with Gasteiger partial charge < -0.3 is 36.3 Å². The van der Waals surface area contributed by atoms with Crippen molar-refractivity contribution in [3.05, 3.63) is 103 Å². The standard InChI is InChI=1S/C21H25FN2O4S.C17H17FN2O4S.ClH.H2O/c1-20(2,3)28-19(26)21(4,5)11-13-7-9-16(29-13)18(25)27-15-8-6-12(17(23)24)10-14(15)22;1-17(2,16(22)23)8-10-4-6-13(25-10)15(21)24-12-5-3-9(14(19)20)7-11(12)18;;/h6-10H,11H2,1-5H3,(H3,23,24);3-7H,8H2,1-2H3,(H3,19,20)(H,22,23);1H;1H2. The lowest BCUT2D eigenvalue weighted by Gasteiger charge is -2.28. The molecule has 2 heterocycles. The van der Waals surface area contributed by atoms with Gasteiger partial charge in [0.15, 0.2) is 23.1 Å². The van der Waals surface area contributed by atoms with E-state index in [0.29, 0.717) is 11.3 Å². The molecule has 0 bridgehead atoms. The Bertz CT molecular complexity index is 2090. The molecule has 4 rings (SSSR count). The molecule has 18 heteroatoms. The number of carboxylic acids is 1. The van der Waals surface area contributed by atoms with Crippen LogP contribution >= 0.6 is 35.1 Å². The molecule has 0 aliphatic rings. The van der Waals surface area contributed by atoms with E-state index in [1.807, 2.05) is 20.8 Å². The SMILES string of the molecule is CC(C)(C)OC(=O)C(C)(C)Cc1ccc(C(=O)Oc2ccc(C(=N)N)cc2F)s1.CC(C)(Cc1ccc(C(=O)Oc2ccc(C(=N)N)cc2F)s1)C(=O)O.Cl.O. The van der Waals surface area contributed by atoms with Gasteiger partial charge in [-0.15, -0.1) is 35.1 Å². The number of carboxylic acid groups (broad SMARTS) is 1. The normalized spacial score (nSPS) is 11.1. The molecule has 0 saturated heterocycles. The van der Waals surface area contributed by atoms with Crippen molar-refractivity contribution in [1.29, 1.82) is 10.8 Å². The van der Waals surface area contributed by atoms with E-state index >= 15 is 0 Å². The first kappa shape index (κ1) is 48.8. The van der Waals surface area contributed by atoms with Gasteiger partial charge in [0, 0.05) is 20.9 Å². The fourth-order valence-corrected chi connectivity index (χ4v) is 6.63. The number of nitrogens with two attached hydrogens (primary N) is 2. The largest absolute Gasteiger partial charge is 0.481 e. The molecule has 0 fully saturated rings. The van der Waals surface area contributed by atoms with Crippen LogP contribution in [0, 0.1) is 33.3 Å². The van der Waals surface area contributed by atoms with E-state index in [1.165, 1.54) is 41.7 Å². The summed E-state index contributed by atoms with van der Waals surface area (Å²) < 4.78 is 43.6. The Labute approximate surface area is 336 Å². The number of hydrogen-bond acceptors (Lipinski definition) is 11. The molecule has 0 unspecified atom stereocenters. The summed E-state index contributed by atoms with van der Waals surface area (Å²) in [5.74, 6) is -5.37. The highest BCUT2D eigenvalue weighted by atomic mass is 35.5. The van der Waals surface area contributed by atoms with Crippen molar-refractivity contribution in [2.24, 2.45) is 22.3 Å². The molecule has 0 saturated carbocycles. The second-order valence-corrected chi connectivity index (χ2v) is 16.7. The highest BCUT2D eigenvalue weighted by molar-refractivity contribution is 7.14. The van der Waals surface area contributed by atoms with Crippen LogP contribution in [0.25, 0.3) is 0 Å². The summed E-state index contributed by atoms with van der Waals surface area (Å²) in [4.78, 5) is 50.1. The zero-order chi connectivity index (χ0) is 40.8. The van der Waals surface area contributed by atoms with Crippen LogP contribution in [0.3, 0.4) is 0 Å². The molecule has 304 valence electrons. The summed E-state index contributed by atoms with van der Waals surface area (Å²) in [6.07, 6.45) is 0.656. The minimum absolute atomic E-state index is 0. The van der Waals surface area contributed by atoms with Gasteiger partial charge in [-0.25, -0.2) is 18.4 Å². The summed E-state index contributed by atoms with van der Waals surface area (Å²) in [6, 6.07) is 13.8. The van der Waals surface area contributed by atoms with Gasteiger partial charge >= 0.3 is 23.9 Å². The van der Waals surface area contributed by atoms with Crippen molar-refractivity contribution in [3.8, 4) is 11.5 Å². The first-order valence-corrected chi connectivity index (χ1v) is 17.9. The second kappa shape index (κ2) is 19.6. The van der Waals surface area contributed by atoms with Crippen molar-refractivity contribution in [2.75, 3.05) is 0 Å². The molecular formula is C38H45ClF2N4O9S2. The number of benzene rings is 2. The lowest BCUT2D eigenvalue weighted by atomic mass is 9.88. The first-order chi connectivity index (χ1) is 24.9. The van der Waals surface area contributed by atoms with Crippen LogP contribution in [0.4, 0.5) is 8.78 Å². The van der Waals surface area contributed by atoms with Crippen LogP contribution in [-0.2, 0) is 27.2 Å². The van der Waals surface area contributed by atoms with Gasteiger partial charge in [-0.1, -0.05) is 0 Å². The molecule has 9 N–H and O–H groups in total. The van der Waals surface area contributed by atoms with Gasteiger partial charge in [0.05, 0.1) is 10.8 Å². The third-order valence-corrected chi connectivity index (χ3v) is 9.51. The number of nitrogen functional groups attached to an aromatic ring is 2. The van der Waals surface area contributed by atoms with Crippen LogP contribution in [0.1, 0.15) is 88.7 Å². The zero-order valence-electron chi connectivity index (χ0n) is 31.6. The number of carbonyl (C=O) groups excluding carboxylic acids is 3. The Morgan fingerprint density at radius 2 is 1.05 bits per heavy atom. The quantitative estimate of drug-likeness (QED) is 0.0425. The molecule has 0 aliphatic heterocycles. The summed E-state index contributed by atoms with van der Waals surface area (Å²) >= 11 is 2.28. The molecule has 13 nitrogen and oxygen atoms in total. The molecule has 0 spiro atoms. The van der Waals surface area contributed by atoms with Crippen molar-refractivity contribution >= 4 is 70.6 Å². The molecule has 0 amide bonds. The highest BCUT2D eigenvalue weighted by Gasteiger charge is 2.33. The predicted octanol–water partition coefficient (Wildman–Crippen LogP) is 6.94. The molecular weight excluding hydrogens is 794 g/mol. The van der Waals surface area contributed by atoms with Crippen molar-refractivity contribution in [3.63, 3.8) is 0 Å². The zero-order valence-corrected chi connectivity index (χ0v) is 34.1. The van der Waals surface area contributed by atoms with E-state index in [2.05, 4.69) is 0 Å². The van der Waals surface area contributed by atoms with Gasteiger partial charge in [0.1, 0.15) is 27.0 Å². The minimum atomic E-state index is -0.958.